The molecule has 0 radical (unpaired) electrons. The van der Waals surface area contributed by atoms with Gasteiger partial charge in [-0.05, 0) is 198 Å². The van der Waals surface area contributed by atoms with E-state index >= 15 is 5.11 Å². The standard InChI is InChI=1S/C45H60O/c1-39(2)21-15-16-40(39,3)42(46,18-21)41(43-33-27-25-28(33)35(43)29(25)34(27)43)17-14-20-9-5-7-11-23(20)45(41,24-13-12-19-8-4-6-10-22(19)24)44-36-30-26-31(36)38(44)32(26)37(30)44/h19-38,46H,4-18H2,1-3H3. The van der Waals surface area contributed by atoms with Crippen molar-refractivity contribution in [3.05, 3.63) is 0 Å². The molecular formula is C45H60O. The topological polar surface area (TPSA) is 20.2 Å². The van der Waals surface area contributed by atoms with Crippen LogP contribution in [0.1, 0.15) is 117 Å². The lowest BCUT2D eigenvalue weighted by Gasteiger charge is -3.15. The number of rotatable bonds is 4. The maximum absolute atomic E-state index is 15.0. The van der Waals surface area contributed by atoms with Crippen molar-refractivity contribution in [3.63, 3.8) is 0 Å². The largest absolute Gasteiger partial charge is 0.389 e. The lowest BCUT2D eigenvalue weighted by molar-refractivity contribution is -0.694. The Morgan fingerprint density at radius 1 is 0.500 bits per heavy atom. The number of hydrogen-bond acceptors (Lipinski definition) is 1. The van der Waals surface area contributed by atoms with E-state index in [-0.39, 0.29) is 10.8 Å². The Morgan fingerprint density at radius 2 is 1.09 bits per heavy atom. The van der Waals surface area contributed by atoms with Gasteiger partial charge in [0.05, 0.1) is 5.60 Å². The lowest BCUT2D eigenvalue weighted by atomic mass is 8.89. The highest BCUT2D eigenvalue weighted by Gasteiger charge is 3.13. The summed E-state index contributed by atoms with van der Waals surface area (Å²) >= 11 is 0. The van der Waals surface area contributed by atoms with Crippen molar-refractivity contribution in [2.75, 3.05) is 0 Å². The van der Waals surface area contributed by atoms with Gasteiger partial charge in [-0.2, -0.15) is 0 Å². The molecule has 1 N–H and O–H groups in total. The molecule has 10 unspecified atom stereocenters. The summed E-state index contributed by atoms with van der Waals surface area (Å²) in [5.74, 6) is 22.0. The lowest BCUT2D eigenvalue weighted by Crippen LogP contribution is -3.13. The second kappa shape index (κ2) is 6.35. The van der Waals surface area contributed by atoms with Crippen LogP contribution in [0.25, 0.3) is 0 Å². The van der Waals surface area contributed by atoms with E-state index in [2.05, 4.69) is 20.8 Å². The first-order valence-electron chi connectivity index (χ1n) is 22.1. The second-order valence-electron chi connectivity index (χ2n) is 23.8. The summed E-state index contributed by atoms with van der Waals surface area (Å²) in [5, 5.41) is 15.0. The Hall–Kier alpha value is -0.0400. The van der Waals surface area contributed by atoms with Gasteiger partial charge in [-0.1, -0.05) is 59.3 Å². The highest BCUT2D eigenvalue weighted by Crippen LogP contribution is 3.16. The molecule has 0 heterocycles. The Bertz CT molecular complexity index is 1500. The van der Waals surface area contributed by atoms with E-state index in [9.17, 15) is 0 Å². The van der Waals surface area contributed by atoms with Crippen molar-refractivity contribution in [1.29, 1.82) is 0 Å². The third kappa shape index (κ3) is 1.56. The molecule has 18 aliphatic carbocycles. The summed E-state index contributed by atoms with van der Waals surface area (Å²) in [7, 11) is 0. The summed E-state index contributed by atoms with van der Waals surface area (Å²) in [5.41, 5.74) is 2.10. The van der Waals surface area contributed by atoms with Crippen LogP contribution in [0.3, 0.4) is 0 Å². The van der Waals surface area contributed by atoms with Crippen LogP contribution in [0.5, 0.6) is 0 Å². The zero-order valence-corrected chi connectivity index (χ0v) is 29.1. The van der Waals surface area contributed by atoms with Gasteiger partial charge >= 0.3 is 0 Å². The number of fused-ring (bicyclic) bond motifs is 4. The zero-order chi connectivity index (χ0) is 29.7. The molecule has 0 spiro atoms. The van der Waals surface area contributed by atoms with Crippen LogP contribution in [0, 0.1) is 151 Å². The molecular weight excluding hydrogens is 556 g/mol. The molecule has 246 valence electrons. The molecule has 0 aromatic heterocycles. The van der Waals surface area contributed by atoms with Crippen LogP contribution in [0.2, 0.25) is 0 Å². The fraction of sp³-hybridized carbons (Fsp3) is 1.00. The molecule has 46 heavy (non-hydrogen) atoms. The predicted octanol–water partition coefficient (Wildman–Crippen LogP) is 9.09. The first-order chi connectivity index (χ1) is 22.3. The Labute approximate surface area is 277 Å². The SMILES string of the molecule is CC1(C)C2CCC1(C)C(O)(C1(C34C5C6C7C5C3C7C64)CCC3CCCCC3C1(C1CCC3CCCCC31)C13C4C5C6C4C1C6C53)C2. The molecule has 0 aromatic carbocycles. The minimum Gasteiger partial charge on any atom is -0.389 e. The van der Waals surface area contributed by atoms with Crippen LogP contribution in [-0.2, 0) is 0 Å². The summed E-state index contributed by atoms with van der Waals surface area (Å²) in [6.07, 6.45) is 22.7. The molecule has 18 saturated carbocycles. The van der Waals surface area contributed by atoms with Gasteiger partial charge in [0.15, 0.2) is 0 Å². The maximum Gasteiger partial charge on any atom is 0.0776 e. The minimum absolute atomic E-state index is 0.121. The average molecular weight is 617 g/mol. The van der Waals surface area contributed by atoms with Gasteiger partial charge in [0.1, 0.15) is 0 Å². The van der Waals surface area contributed by atoms with Gasteiger partial charge in [-0.3, -0.25) is 0 Å². The van der Waals surface area contributed by atoms with Gasteiger partial charge < -0.3 is 5.11 Å². The van der Waals surface area contributed by atoms with Crippen molar-refractivity contribution in [1.82, 2.24) is 0 Å². The maximum atomic E-state index is 15.0. The quantitative estimate of drug-likeness (QED) is 0.334. The molecule has 1 heteroatoms. The summed E-state index contributed by atoms with van der Waals surface area (Å²) < 4.78 is 0. The van der Waals surface area contributed by atoms with Crippen molar-refractivity contribution in [2.24, 2.45) is 151 Å². The molecule has 18 fully saturated rings. The van der Waals surface area contributed by atoms with Crippen molar-refractivity contribution in [2.45, 2.75) is 123 Å². The third-order valence-corrected chi connectivity index (χ3v) is 26.0. The van der Waals surface area contributed by atoms with Crippen molar-refractivity contribution in [3.8, 4) is 0 Å². The third-order valence-electron chi connectivity index (χ3n) is 26.0. The minimum atomic E-state index is -0.406. The normalized spacial score (nSPS) is 82.2. The first-order valence-corrected chi connectivity index (χ1v) is 22.1. The monoisotopic (exact) mass is 616 g/mol. The summed E-state index contributed by atoms with van der Waals surface area (Å²) in [6, 6.07) is 0. The molecule has 0 aliphatic heterocycles. The van der Waals surface area contributed by atoms with Crippen LogP contribution >= 0.6 is 0 Å². The van der Waals surface area contributed by atoms with Crippen molar-refractivity contribution >= 4 is 0 Å². The highest BCUT2D eigenvalue weighted by atomic mass is 16.3. The van der Waals surface area contributed by atoms with E-state index in [0.29, 0.717) is 21.7 Å². The van der Waals surface area contributed by atoms with Gasteiger partial charge in [0, 0.05) is 10.8 Å². The fourth-order valence-electron chi connectivity index (χ4n) is 25.9. The molecule has 1 nitrogen and oxygen atoms in total. The summed E-state index contributed by atoms with van der Waals surface area (Å²) in [4.78, 5) is 0. The average Bonchev–Trinajstić information content (AvgIpc) is 3.67. The van der Waals surface area contributed by atoms with Gasteiger partial charge in [0.25, 0.3) is 0 Å². The van der Waals surface area contributed by atoms with Gasteiger partial charge in [-0.15, -0.1) is 0 Å². The molecule has 2 bridgehead atoms. The molecule has 10 atom stereocenters. The van der Waals surface area contributed by atoms with E-state index in [1.807, 2.05) is 0 Å². The van der Waals surface area contributed by atoms with Crippen LogP contribution < -0.4 is 0 Å². The predicted molar refractivity (Wildman–Crippen MR) is 176 cm³/mol. The Kier molecular flexibility index (Phi) is 3.45. The van der Waals surface area contributed by atoms with E-state index in [1.54, 1.807) is 38.5 Å². The number of hydrogen-bond donors (Lipinski definition) is 1. The van der Waals surface area contributed by atoms with E-state index in [0.717, 1.165) is 88.8 Å². The van der Waals surface area contributed by atoms with Crippen LogP contribution in [-0.4, -0.2) is 10.7 Å². The van der Waals surface area contributed by atoms with Crippen LogP contribution in [0.4, 0.5) is 0 Å². The van der Waals surface area contributed by atoms with Crippen molar-refractivity contribution < 1.29 is 5.11 Å². The zero-order valence-electron chi connectivity index (χ0n) is 29.1. The van der Waals surface area contributed by atoms with E-state index < -0.39 is 5.60 Å². The Balaban J connectivity index is 1.04. The van der Waals surface area contributed by atoms with E-state index in [1.165, 1.54) is 87.4 Å². The molecule has 18 aliphatic rings. The number of aliphatic hydroxyl groups is 1. The fourth-order valence-corrected chi connectivity index (χ4v) is 25.9. The molecule has 0 amide bonds. The van der Waals surface area contributed by atoms with Crippen LogP contribution in [0.15, 0.2) is 0 Å². The van der Waals surface area contributed by atoms with Gasteiger partial charge in [0.2, 0.25) is 0 Å². The first kappa shape index (κ1) is 25.0. The van der Waals surface area contributed by atoms with Gasteiger partial charge in [-0.25, -0.2) is 0 Å². The molecule has 18 rings (SSSR count). The smallest absolute Gasteiger partial charge is 0.0776 e. The molecule has 0 saturated heterocycles. The van der Waals surface area contributed by atoms with E-state index in [4.69, 9.17) is 0 Å². The highest BCUT2D eigenvalue weighted by molar-refractivity contribution is 5.60. The second-order valence-corrected chi connectivity index (χ2v) is 23.8. The Morgan fingerprint density at radius 3 is 1.70 bits per heavy atom. The molecule has 0 aromatic rings. The summed E-state index contributed by atoms with van der Waals surface area (Å²) in [6.45, 7) is 8.15.